The van der Waals surface area contributed by atoms with Gasteiger partial charge in [0, 0.05) is 6.07 Å². The molecule has 2 fully saturated rings. The zero-order valence-electron chi connectivity index (χ0n) is 10.9. The zero-order valence-corrected chi connectivity index (χ0v) is 10.9. The highest BCUT2D eigenvalue weighted by molar-refractivity contribution is 6.07. The molecule has 1 spiro atoms. The number of hydrogen-bond donors (Lipinski definition) is 1. The van der Waals surface area contributed by atoms with Gasteiger partial charge in [0.25, 0.3) is 5.91 Å². The third kappa shape index (κ3) is 2.01. The Morgan fingerprint density at radius 3 is 2.84 bits per heavy atom. The van der Waals surface area contributed by atoms with Crippen LogP contribution in [0.4, 0.5) is 4.79 Å². The Morgan fingerprint density at radius 2 is 2.21 bits per heavy atom. The number of hydrogen-bond acceptors (Lipinski definition) is 4. The van der Waals surface area contributed by atoms with Gasteiger partial charge in [0.2, 0.25) is 0 Å². The van der Waals surface area contributed by atoms with Crippen molar-refractivity contribution < 1.29 is 14.1 Å². The molecule has 19 heavy (non-hydrogen) atoms. The molecular formula is C13H17N3O3. The Bertz CT molecular complexity index is 489. The van der Waals surface area contributed by atoms with Crippen molar-refractivity contribution in [3.63, 3.8) is 0 Å². The van der Waals surface area contributed by atoms with E-state index in [2.05, 4.69) is 17.4 Å². The minimum Gasteiger partial charge on any atom is -0.359 e. The summed E-state index contributed by atoms with van der Waals surface area (Å²) in [5, 5.41) is 6.46. The maximum atomic E-state index is 12.5. The highest BCUT2D eigenvalue weighted by atomic mass is 16.5. The van der Waals surface area contributed by atoms with Gasteiger partial charge in [-0.1, -0.05) is 12.1 Å². The molecule has 1 saturated carbocycles. The second kappa shape index (κ2) is 4.36. The molecule has 3 rings (SSSR count). The molecule has 0 aromatic carbocycles. The van der Waals surface area contributed by atoms with Crippen LogP contribution in [0, 0.1) is 5.92 Å². The number of nitrogens with one attached hydrogen (secondary N) is 1. The fraction of sp³-hybridized carbons (Fsp3) is 0.615. The summed E-state index contributed by atoms with van der Waals surface area (Å²) in [4.78, 5) is 25.7. The van der Waals surface area contributed by atoms with E-state index in [-0.39, 0.29) is 18.5 Å². The van der Waals surface area contributed by atoms with Gasteiger partial charge in [0.15, 0.2) is 5.76 Å². The summed E-state index contributed by atoms with van der Waals surface area (Å²) in [6.07, 6.45) is 4.91. The quantitative estimate of drug-likeness (QED) is 0.824. The van der Waals surface area contributed by atoms with Crippen molar-refractivity contribution in [2.75, 3.05) is 0 Å². The van der Waals surface area contributed by atoms with Crippen LogP contribution in [0.15, 0.2) is 16.8 Å². The predicted molar refractivity (Wildman–Crippen MR) is 65.9 cm³/mol. The van der Waals surface area contributed by atoms with Crippen molar-refractivity contribution in [3.05, 3.63) is 18.0 Å². The predicted octanol–water partition coefficient (Wildman–Crippen LogP) is 1.68. The van der Waals surface area contributed by atoms with E-state index < -0.39 is 5.54 Å². The van der Waals surface area contributed by atoms with E-state index in [0.29, 0.717) is 11.7 Å². The SMILES string of the molecule is CC1CCC2(CC1)NC(=O)N(Cc1ccno1)C2=O. The van der Waals surface area contributed by atoms with Gasteiger partial charge in [-0.3, -0.25) is 9.69 Å². The van der Waals surface area contributed by atoms with Gasteiger partial charge in [0.1, 0.15) is 5.54 Å². The number of amides is 3. The van der Waals surface area contributed by atoms with Crippen LogP contribution in [0.3, 0.4) is 0 Å². The lowest BCUT2D eigenvalue weighted by atomic mass is 9.77. The second-order valence-electron chi connectivity index (χ2n) is 5.56. The number of rotatable bonds is 2. The largest absolute Gasteiger partial charge is 0.359 e. The van der Waals surface area contributed by atoms with E-state index in [1.54, 1.807) is 6.07 Å². The van der Waals surface area contributed by atoms with Gasteiger partial charge in [0.05, 0.1) is 12.7 Å². The molecule has 6 heteroatoms. The number of imide groups is 1. The lowest BCUT2D eigenvalue weighted by molar-refractivity contribution is -0.133. The average Bonchev–Trinajstić information content (AvgIpc) is 2.97. The van der Waals surface area contributed by atoms with Gasteiger partial charge in [-0.25, -0.2) is 4.79 Å². The third-order valence-corrected chi connectivity index (χ3v) is 4.18. The van der Waals surface area contributed by atoms with Gasteiger partial charge in [-0.05, 0) is 31.6 Å². The topological polar surface area (TPSA) is 75.4 Å². The fourth-order valence-electron chi connectivity index (χ4n) is 2.89. The normalized spacial score (nSPS) is 31.0. The van der Waals surface area contributed by atoms with Crippen molar-refractivity contribution in [1.82, 2.24) is 15.4 Å². The smallest absolute Gasteiger partial charge is 0.325 e. The van der Waals surface area contributed by atoms with Crippen LogP contribution in [0.1, 0.15) is 38.4 Å². The van der Waals surface area contributed by atoms with Crippen molar-refractivity contribution in [2.45, 2.75) is 44.7 Å². The molecule has 0 radical (unpaired) electrons. The maximum absolute atomic E-state index is 12.5. The summed E-state index contributed by atoms with van der Waals surface area (Å²) >= 11 is 0. The molecule has 0 atom stereocenters. The van der Waals surface area contributed by atoms with Crippen LogP contribution < -0.4 is 5.32 Å². The minimum atomic E-state index is -0.677. The summed E-state index contributed by atoms with van der Waals surface area (Å²) in [7, 11) is 0. The lowest BCUT2D eigenvalue weighted by Crippen LogP contribution is -2.49. The first-order valence-electron chi connectivity index (χ1n) is 6.64. The van der Waals surface area contributed by atoms with Crippen LogP contribution in [-0.4, -0.2) is 27.5 Å². The molecule has 1 saturated heterocycles. The van der Waals surface area contributed by atoms with Crippen molar-refractivity contribution in [1.29, 1.82) is 0 Å². The van der Waals surface area contributed by atoms with Gasteiger partial charge >= 0.3 is 6.03 Å². The van der Waals surface area contributed by atoms with E-state index in [1.807, 2.05) is 0 Å². The van der Waals surface area contributed by atoms with Crippen molar-refractivity contribution in [3.8, 4) is 0 Å². The van der Waals surface area contributed by atoms with E-state index in [4.69, 9.17) is 4.52 Å². The van der Waals surface area contributed by atoms with Crippen LogP contribution in [0.5, 0.6) is 0 Å². The second-order valence-corrected chi connectivity index (χ2v) is 5.56. The highest BCUT2D eigenvalue weighted by Crippen LogP contribution is 2.36. The number of urea groups is 1. The molecule has 2 aliphatic rings. The van der Waals surface area contributed by atoms with Crippen LogP contribution in [0.2, 0.25) is 0 Å². The summed E-state index contributed by atoms with van der Waals surface area (Å²) in [5.74, 6) is 1.02. The third-order valence-electron chi connectivity index (χ3n) is 4.18. The van der Waals surface area contributed by atoms with E-state index in [1.165, 1.54) is 11.1 Å². The highest BCUT2D eigenvalue weighted by Gasteiger charge is 2.52. The Balaban J connectivity index is 1.77. The molecule has 6 nitrogen and oxygen atoms in total. The summed E-state index contributed by atoms with van der Waals surface area (Å²) in [5.41, 5.74) is -0.677. The van der Waals surface area contributed by atoms with E-state index in [9.17, 15) is 9.59 Å². The summed E-state index contributed by atoms with van der Waals surface area (Å²) in [6.45, 7) is 2.34. The molecule has 0 unspecified atom stereocenters. The lowest BCUT2D eigenvalue weighted by Gasteiger charge is -2.33. The molecule has 3 amide bonds. The van der Waals surface area contributed by atoms with E-state index >= 15 is 0 Å². The molecule has 2 heterocycles. The van der Waals surface area contributed by atoms with Crippen LogP contribution >= 0.6 is 0 Å². The van der Waals surface area contributed by atoms with Crippen molar-refractivity contribution in [2.24, 2.45) is 5.92 Å². The molecule has 1 aromatic heterocycles. The molecule has 1 aliphatic heterocycles. The summed E-state index contributed by atoms with van der Waals surface area (Å²) in [6, 6.07) is 1.34. The first-order chi connectivity index (χ1) is 9.11. The average molecular weight is 263 g/mol. The first kappa shape index (κ1) is 12.2. The zero-order chi connectivity index (χ0) is 13.5. The van der Waals surface area contributed by atoms with Crippen LogP contribution in [0.25, 0.3) is 0 Å². The Kier molecular flexibility index (Phi) is 2.80. The number of carbonyl (C=O) groups excluding carboxylic acids is 2. The number of aromatic nitrogens is 1. The fourth-order valence-corrected chi connectivity index (χ4v) is 2.89. The maximum Gasteiger partial charge on any atom is 0.325 e. The Hall–Kier alpha value is -1.85. The Morgan fingerprint density at radius 1 is 1.47 bits per heavy atom. The first-order valence-corrected chi connectivity index (χ1v) is 6.64. The summed E-state index contributed by atoms with van der Waals surface area (Å²) < 4.78 is 4.96. The number of carbonyl (C=O) groups is 2. The Labute approximate surface area is 111 Å². The molecular weight excluding hydrogens is 246 g/mol. The van der Waals surface area contributed by atoms with Gasteiger partial charge in [-0.2, -0.15) is 0 Å². The molecule has 1 N–H and O–H groups in total. The minimum absolute atomic E-state index is 0.124. The molecule has 1 aromatic rings. The van der Waals surface area contributed by atoms with Crippen LogP contribution in [-0.2, 0) is 11.3 Å². The van der Waals surface area contributed by atoms with E-state index in [0.717, 1.165) is 25.7 Å². The molecule has 102 valence electrons. The van der Waals surface area contributed by atoms with Crippen molar-refractivity contribution >= 4 is 11.9 Å². The van der Waals surface area contributed by atoms with Gasteiger partial charge < -0.3 is 9.84 Å². The monoisotopic (exact) mass is 263 g/mol. The standard InChI is InChI=1S/C13H17N3O3/c1-9-2-5-13(6-3-9)11(17)16(12(18)15-13)8-10-4-7-14-19-10/h4,7,9H,2-3,5-6,8H2,1H3,(H,15,18). The van der Waals surface area contributed by atoms with Gasteiger partial charge in [-0.15, -0.1) is 0 Å². The molecule has 0 bridgehead atoms. The molecule has 1 aliphatic carbocycles. The number of nitrogens with zero attached hydrogens (tertiary/aromatic N) is 2.